The van der Waals surface area contributed by atoms with E-state index in [1.807, 2.05) is 0 Å². The van der Waals surface area contributed by atoms with Gasteiger partial charge in [-0.2, -0.15) is 0 Å². The fraction of sp³-hybridized carbons (Fsp3) is 0.500. The van der Waals surface area contributed by atoms with Crippen molar-refractivity contribution in [2.24, 2.45) is 0 Å². The van der Waals surface area contributed by atoms with E-state index in [2.05, 4.69) is 5.32 Å². The Bertz CT molecular complexity index is 556. The number of carbonyl (C=O) groups is 1. The number of hydrogen-bond acceptors (Lipinski definition) is 4. The normalized spacial score (nSPS) is 17.2. The van der Waals surface area contributed by atoms with Crippen LogP contribution in [0.3, 0.4) is 0 Å². The van der Waals surface area contributed by atoms with E-state index in [9.17, 15) is 24.4 Å². The number of nitro groups is 1. The van der Waals surface area contributed by atoms with Gasteiger partial charge in [0, 0.05) is 6.54 Å². The highest BCUT2D eigenvalue weighted by molar-refractivity contribution is 5.98. The molecule has 114 valence electrons. The van der Waals surface area contributed by atoms with Crippen molar-refractivity contribution in [2.75, 3.05) is 6.54 Å². The molecule has 0 atom stereocenters. The first-order valence-electron chi connectivity index (χ1n) is 6.86. The van der Waals surface area contributed by atoms with Crippen LogP contribution in [0.4, 0.5) is 10.1 Å². The third-order valence-corrected chi connectivity index (χ3v) is 3.76. The average Bonchev–Trinajstić information content (AvgIpc) is 2.45. The van der Waals surface area contributed by atoms with Gasteiger partial charge in [-0.15, -0.1) is 0 Å². The molecule has 1 aliphatic carbocycles. The Labute approximate surface area is 121 Å². The smallest absolute Gasteiger partial charge is 0.285 e. The van der Waals surface area contributed by atoms with Crippen LogP contribution in [0.5, 0.6) is 0 Å². The second-order valence-corrected chi connectivity index (χ2v) is 5.39. The van der Waals surface area contributed by atoms with Gasteiger partial charge < -0.3 is 10.4 Å². The van der Waals surface area contributed by atoms with Crippen molar-refractivity contribution in [3.05, 3.63) is 39.7 Å². The molecule has 1 aromatic rings. The molecule has 7 heteroatoms. The summed E-state index contributed by atoms with van der Waals surface area (Å²) in [6, 6.07) is 2.79. The maximum absolute atomic E-state index is 13.0. The fourth-order valence-electron chi connectivity index (χ4n) is 2.57. The molecule has 1 amide bonds. The van der Waals surface area contributed by atoms with Crippen molar-refractivity contribution < 1.29 is 19.2 Å². The van der Waals surface area contributed by atoms with Crippen LogP contribution < -0.4 is 5.32 Å². The SMILES string of the molecule is O=C(NCC1(O)CCCCC1)c1ccc(F)cc1[N+](=O)[O-]. The van der Waals surface area contributed by atoms with Crippen LogP contribution in [0.1, 0.15) is 42.5 Å². The molecule has 0 aromatic heterocycles. The number of halogens is 1. The Morgan fingerprint density at radius 1 is 1.38 bits per heavy atom. The lowest BCUT2D eigenvalue weighted by Gasteiger charge is -2.32. The summed E-state index contributed by atoms with van der Waals surface area (Å²) in [5.41, 5.74) is -1.74. The van der Waals surface area contributed by atoms with E-state index >= 15 is 0 Å². The monoisotopic (exact) mass is 296 g/mol. The van der Waals surface area contributed by atoms with E-state index in [0.717, 1.165) is 31.4 Å². The van der Waals surface area contributed by atoms with Crippen molar-refractivity contribution in [1.29, 1.82) is 0 Å². The van der Waals surface area contributed by atoms with E-state index in [0.29, 0.717) is 18.9 Å². The summed E-state index contributed by atoms with van der Waals surface area (Å²) in [7, 11) is 0. The summed E-state index contributed by atoms with van der Waals surface area (Å²) in [5.74, 6) is -1.45. The highest BCUT2D eigenvalue weighted by Gasteiger charge is 2.30. The van der Waals surface area contributed by atoms with Crippen LogP contribution >= 0.6 is 0 Å². The molecule has 1 aliphatic rings. The van der Waals surface area contributed by atoms with E-state index in [1.165, 1.54) is 0 Å². The fourth-order valence-corrected chi connectivity index (χ4v) is 2.57. The van der Waals surface area contributed by atoms with Gasteiger partial charge >= 0.3 is 0 Å². The summed E-state index contributed by atoms with van der Waals surface area (Å²) in [5, 5.41) is 23.6. The Kier molecular flexibility index (Phi) is 4.52. The lowest BCUT2D eigenvalue weighted by Crippen LogP contribution is -2.44. The molecule has 1 saturated carbocycles. The third-order valence-electron chi connectivity index (χ3n) is 3.76. The topological polar surface area (TPSA) is 92.5 Å². The predicted octanol–water partition coefficient (Wildman–Crippen LogP) is 2.16. The number of hydrogen-bond donors (Lipinski definition) is 2. The molecule has 1 aromatic carbocycles. The van der Waals surface area contributed by atoms with Gasteiger partial charge in [0.2, 0.25) is 0 Å². The second kappa shape index (κ2) is 6.17. The zero-order chi connectivity index (χ0) is 15.5. The highest BCUT2D eigenvalue weighted by atomic mass is 19.1. The Balaban J connectivity index is 2.08. The molecule has 0 aliphatic heterocycles. The number of aliphatic hydroxyl groups is 1. The minimum Gasteiger partial charge on any atom is -0.388 e. The molecular formula is C14H17FN2O4. The van der Waals surface area contributed by atoms with Crippen molar-refractivity contribution >= 4 is 11.6 Å². The molecule has 0 bridgehead atoms. The first kappa shape index (κ1) is 15.4. The number of rotatable bonds is 4. The Morgan fingerprint density at radius 3 is 2.67 bits per heavy atom. The minimum absolute atomic E-state index is 0.0420. The van der Waals surface area contributed by atoms with Gasteiger partial charge in [-0.05, 0) is 25.0 Å². The average molecular weight is 296 g/mol. The maximum Gasteiger partial charge on any atom is 0.285 e. The number of amides is 1. The first-order valence-corrected chi connectivity index (χ1v) is 6.86. The molecule has 21 heavy (non-hydrogen) atoms. The van der Waals surface area contributed by atoms with Crippen molar-refractivity contribution in [1.82, 2.24) is 5.32 Å². The largest absolute Gasteiger partial charge is 0.388 e. The molecule has 0 spiro atoms. The number of carbonyl (C=O) groups excluding carboxylic acids is 1. The van der Waals surface area contributed by atoms with Crippen LogP contribution in [0, 0.1) is 15.9 Å². The lowest BCUT2D eigenvalue weighted by atomic mass is 9.85. The van der Waals surface area contributed by atoms with Gasteiger partial charge in [0.15, 0.2) is 0 Å². The van der Waals surface area contributed by atoms with Gasteiger partial charge in [-0.25, -0.2) is 4.39 Å². The standard InChI is InChI=1S/C14H17FN2O4/c15-10-4-5-11(12(8-10)17(20)21)13(18)16-9-14(19)6-2-1-3-7-14/h4-5,8,19H,1-3,6-7,9H2,(H,16,18). The molecular weight excluding hydrogens is 279 g/mol. The number of benzene rings is 1. The molecule has 6 nitrogen and oxygen atoms in total. The van der Waals surface area contributed by atoms with Crippen LogP contribution in [0.15, 0.2) is 18.2 Å². The summed E-state index contributed by atoms with van der Waals surface area (Å²) in [4.78, 5) is 22.1. The Hall–Kier alpha value is -2.02. The Morgan fingerprint density at radius 2 is 2.05 bits per heavy atom. The minimum atomic E-state index is -0.956. The summed E-state index contributed by atoms with van der Waals surface area (Å²) < 4.78 is 13.0. The van der Waals surface area contributed by atoms with E-state index < -0.39 is 27.9 Å². The van der Waals surface area contributed by atoms with Gasteiger partial charge in [-0.1, -0.05) is 19.3 Å². The van der Waals surface area contributed by atoms with Crippen LogP contribution in [-0.2, 0) is 0 Å². The highest BCUT2D eigenvalue weighted by Crippen LogP contribution is 2.27. The molecule has 0 radical (unpaired) electrons. The summed E-state index contributed by atoms with van der Waals surface area (Å²) >= 11 is 0. The maximum atomic E-state index is 13.0. The quantitative estimate of drug-likeness (QED) is 0.657. The van der Waals surface area contributed by atoms with Crippen molar-refractivity contribution in [2.45, 2.75) is 37.7 Å². The molecule has 2 rings (SSSR count). The molecule has 0 unspecified atom stereocenters. The predicted molar refractivity (Wildman–Crippen MR) is 73.4 cm³/mol. The second-order valence-electron chi connectivity index (χ2n) is 5.39. The summed E-state index contributed by atoms with van der Waals surface area (Å²) in [6.07, 6.45) is 4.03. The van der Waals surface area contributed by atoms with Crippen LogP contribution in [0.2, 0.25) is 0 Å². The molecule has 0 saturated heterocycles. The molecule has 1 fully saturated rings. The number of nitro benzene ring substituents is 1. The molecule has 2 N–H and O–H groups in total. The number of nitrogens with zero attached hydrogens (tertiary/aromatic N) is 1. The zero-order valence-electron chi connectivity index (χ0n) is 11.5. The van der Waals surface area contributed by atoms with E-state index in [4.69, 9.17) is 0 Å². The number of nitrogens with one attached hydrogen (secondary N) is 1. The van der Waals surface area contributed by atoms with Gasteiger partial charge in [0.25, 0.3) is 11.6 Å². The van der Waals surface area contributed by atoms with Gasteiger partial charge in [0.05, 0.1) is 16.6 Å². The van der Waals surface area contributed by atoms with Crippen LogP contribution in [-0.4, -0.2) is 28.1 Å². The van der Waals surface area contributed by atoms with Gasteiger partial charge in [0.1, 0.15) is 11.4 Å². The van der Waals surface area contributed by atoms with Gasteiger partial charge in [-0.3, -0.25) is 14.9 Å². The van der Waals surface area contributed by atoms with Crippen LogP contribution in [0.25, 0.3) is 0 Å². The van der Waals surface area contributed by atoms with Crippen molar-refractivity contribution in [3.63, 3.8) is 0 Å². The first-order chi connectivity index (χ1) is 9.91. The van der Waals surface area contributed by atoms with E-state index in [1.54, 1.807) is 0 Å². The molecule has 0 heterocycles. The lowest BCUT2D eigenvalue weighted by molar-refractivity contribution is -0.385. The summed E-state index contributed by atoms with van der Waals surface area (Å²) in [6.45, 7) is 0.0420. The van der Waals surface area contributed by atoms with E-state index in [-0.39, 0.29) is 12.1 Å². The third kappa shape index (κ3) is 3.75. The zero-order valence-corrected chi connectivity index (χ0v) is 11.5. The van der Waals surface area contributed by atoms with Crippen molar-refractivity contribution in [3.8, 4) is 0 Å².